The summed E-state index contributed by atoms with van der Waals surface area (Å²) in [6.45, 7) is 7.35. The molecular weight excluding hydrogens is 482 g/mol. The second-order valence-corrected chi connectivity index (χ2v) is 9.03. The van der Waals surface area contributed by atoms with Gasteiger partial charge in [0, 0.05) is 67.8 Å². The number of ether oxygens (including phenoxy) is 1. The third-order valence-corrected chi connectivity index (χ3v) is 6.49. The van der Waals surface area contributed by atoms with E-state index in [9.17, 15) is 9.59 Å². The molecule has 5 rings (SSSR count). The molecule has 0 atom stereocenters. The molecule has 0 aliphatic carbocycles. The molecule has 1 amide bonds. The predicted molar refractivity (Wildman–Crippen MR) is 150 cm³/mol. The number of hydrogen-bond donors (Lipinski definition) is 2. The minimum absolute atomic E-state index is 0.183. The number of aromatic nitrogens is 3. The van der Waals surface area contributed by atoms with Crippen LogP contribution in [0.4, 0.5) is 23.0 Å². The summed E-state index contributed by atoms with van der Waals surface area (Å²) in [5.74, 6) is 0.785. The van der Waals surface area contributed by atoms with Gasteiger partial charge < -0.3 is 29.7 Å². The number of nitrogens with one attached hydrogen (secondary N) is 2. The van der Waals surface area contributed by atoms with Crippen LogP contribution in [0.5, 0.6) is 5.75 Å². The Morgan fingerprint density at radius 1 is 1.08 bits per heavy atom. The van der Waals surface area contributed by atoms with Gasteiger partial charge in [0.2, 0.25) is 11.9 Å². The van der Waals surface area contributed by atoms with E-state index in [1.807, 2.05) is 30.3 Å². The van der Waals surface area contributed by atoms with Crippen molar-refractivity contribution in [2.45, 2.75) is 0 Å². The third-order valence-electron chi connectivity index (χ3n) is 6.49. The Morgan fingerprint density at radius 2 is 1.89 bits per heavy atom. The Morgan fingerprint density at radius 3 is 2.66 bits per heavy atom. The van der Waals surface area contributed by atoms with Gasteiger partial charge in [-0.3, -0.25) is 9.59 Å². The standard InChI is InChI=1S/C28H29N7O3/c1-4-26(37)30-19-6-5-7-21(16-19)35-11-10-24(36)22-18-29-28(32-27(22)35)31-20-8-9-23(25(17-20)38-3)34-14-12-33(2)13-15-34/h4-11,16-18H,1,12-15H2,2-3H3,(H,30,37)(H,29,31,32). The van der Waals surface area contributed by atoms with Gasteiger partial charge in [-0.25, -0.2) is 4.98 Å². The van der Waals surface area contributed by atoms with E-state index in [1.54, 1.807) is 30.0 Å². The number of carbonyl (C=O) groups is 1. The zero-order valence-electron chi connectivity index (χ0n) is 21.3. The van der Waals surface area contributed by atoms with E-state index in [0.717, 1.165) is 49.0 Å². The molecule has 2 N–H and O–H groups in total. The molecule has 2 aromatic carbocycles. The van der Waals surface area contributed by atoms with Gasteiger partial charge >= 0.3 is 0 Å². The molecule has 2 aromatic heterocycles. The Kier molecular flexibility index (Phi) is 7.05. The largest absolute Gasteiger partial charge is 0.495 e. The first-order valence-electron chi connectivity index (χ1n) is 12.3. The summed E-state index contributed by atoms with van der Waals surface area (Å²) in [6, 6.07) is 14.6. The van der Waals surface area contributed by atoms with E-state index < -0.39 is 0 Å². The van der Waals surface area contributed by atoms with Gasteiger partial charge in [-0.2, -0.15) is 4.98 Å². The average molecular weight is 512 g/mol. The Balaban J connectivity index is 1.47. The van der Waals surface area contributed by atoms with Crippen molar-refractivity contribution in [3.63, 3.8) is 0 Å². The van der Waals surface area contributed by atoms with E-state index in [-0.39, 0.29) is 11.3 Å². The first-order chi connectivity index (χ1) is 18.4. The zero-order valence-corrected chi connectivity index (χ0v) is 21.3. The van der Waals surface area contributed by atoms with Gasteiger partial charge in [0.1, 0.15) is 5.75 Å². The lowest BCUT2D eigenvalue weighted by Crippen LogP contribution is -2.44. The van der Waals surface area contributed by atoms with Crippen molar-refractivity contribution in [3.05, 3.63) is 83.8 Å². The zero-order chi connectivity index (χ0) is 26.6. The van der Waals surface area contributed by atoms with E-state index in [0.29, 0.717) is 22.7 Å². The number of likely N-dealkylation sites (N-methyl/N-ethyl adjacent to an activating group) is 1. The number of hydrogen-bond acceptors (Lipinski definition) is 8. The van der Waals surface area contributed by atoms with Gasteiger partial charge in [0.05, 0.1) is 18.2 Å². The minimum atomic E-state index is -0.310. The Bertz CT molecular complexity index is 1560. The highest BCUT2D eigenvalue weighted by Gasteiger charge is 2.18. The molecule has 3 heterocycles. The fourth-order valence-electron chi connectivity index (χ4n) is 4.42. The molecule has 10 nitrogen and oxygen atoms in total. The molecule has 0 saturated carbocycles. The maximum Gasteiger partial charge on any atom is 0.247 e. The van der Waals surface area contributed by atoms with Gasteiger partial charge in [-0.05, 0) is 43.5 Å². The number of piperazine rings is 1. The molecule has 1 fully saturated rings. The normalized spacial score (nSPS) is 13.8. The lowest BCUT2D eigenvalue weighted by Gasteiger charge is -2.34. The third kappa shape index (κ3) is 5.21. The van der Waals surface area contributed by atoms with Gasteiger partial charge in [-0.15, -0.1) is 0 Å². The van der Waals surface area contributed by atoms with E-state index in [4.69, 9.17) is 4.74 Å². The molecule has 0 radical (unpaired) electrons. The molecule has 10 heteroatoms. The van der Waals surface area contributed by atoms with Crippen LogP contribution >= 0.6 is 0 Å². The number of nitrogens with zero attached hydrogens (tertiary/aromatic N) is 5. The Labute approximate surface area is 220 Å². The highest BCUT2D eigenvalue weighted by Crippen LogP contribution is 2.32. The van der Waals surface area contributed by atoms with Gasteiger partial charge in [0.25, 0.3) is 0 Å². The lowest BCUT2D eigenvalue weighted by atomic mass is 10.2. The van der Waals surface area contributed by atoms with Gasteiger partial charge in [-0.1, -0.05) is 12.6 Å². The number of pyridine rings is 1. The molecule has 0 spiro atoms. The van der Waals surface area contributed by atoms with Crippen LogP contribution in [0.2, 0.25) is 0 Å². The lowest BCUT2D eigenvalue weighted by molar-refractivity contribution is -0.111. The van der Waals surface area contributed by atoms with Crippen LogP contribution < -0.4 is 25.7 Å². The number of carbonyl (C=O) groups excluding carboxylic acids is 1. The van der Waals surface area contributed by atoms with Crippen LogP contribution in [-0.4, -0.2) is 65.7 Å². The number of methoxy groups -OCH3 is 1. The van der Waals surface area contributed by atoms with Crippen molar-refractivity contribution in [1.82, 2.24) is 19.4 Å². The number of rotatable bonds is 7. The van der Waals surface area contributed by atoms with Crippen LogP contribution in [0.1, 0.15) is 0 Å². The van der Waals surface area contributed by atoms with Crippen molar-refractivity contribution in [2.24, 2.45) is 0 Å². The summed E-state index contributed by atoms with van der Waals surface area (Å²) < 4.78 is 7.48. The molecule has 1 aliphatic rings. The first-order valence-corrected chi connectivity index (χ1v) is 12.3. The van der Waals surface area contributed by atoms with E-state index in [2.05, 4.69) is 44.0 Å². The summed E-state index contributed by atoms with van der Waals surface area (Å²) in [4.78, 5) is 38.0. The molecule has 4 aromatic rings. The quantitative estimate of drug-likeness (QED) is 0.364. The maximum atomic E-state index is 12.6. The topological polar surface area (TPSA) is 105 Å². The van der Waals surface area contributed by atoms with Crippen LogP contribution in [0, 0.1) is 0 Å². The summed E-state index contributed by atoms with van der Waals surface area (Å²) in [6.07, 6.45) is 4.38. The van der Waals surface area contributed by atoms with E-state index >= 15 is 0 Å². The molecule has 0 bridgehead atoms. The monoisotopic (exact) mass is 511 g/mol. The van der Waals surface area contributed by atoms with Crippen LogP contribution in [0.3, 0.4) is 0 Å². The second-order valence-electron chi connectivity index (χ2n) is 9.03. The fourth-order valence-corrected chi connectivity index (χ4v) is 4.42. The second kappa shape index (κ2) is 10.7. The molecule has 38 heavy (non-hydrogen) atoms. The smallest absolute Gasteiger partial charge is 0.247 e. The van der Waals surface area contributed by atoms with Crippen molar-refractivity contribution in [3.8, 4) is 11.4 Å². The molecule has 0 unspecified atom stereocenters. The predicted octanol–water partition coefficient (Wildman–Crippen LogP) is 3.41. The summed E-state index contributed by atoms with van der Waals surface area (Å²) in [5.41, 5.74) is 3.38. The van der Waals surface area contributed by atoms with Crippen LogP contribution in [0.15, 0.2) is 78.4 Å². The molecule has 1 saturated heterocycles. The first kappa shape index (κ1) is 25.0. The number of amides is 1. The fraction of sp³-hybridized carbons (Fsp3) is 0.214. The maximum absolute atomic E-state index is 12.6. The minimum Gasteiger partial charge on any atom is -0.495 e. The summed E-state index contributed by atoms with van der Waals surface area (Å²) in [5, 5.41) is 6.37. The van der Waals surface area contributed by atoms with Crippen molar-refractivity contribution in [1.29, 1.82) is 0 Å². The van der Waals surface area contributed by atoms with Crippen LogP contribution in [0.25, 0.3) is 16.7 Å². The molecule has 1 aliphatic heterocycles. The highest BCUT2D eigenvalue weighted by molar-refractivity contribution is 5.99. The van der Waals surface area contributed by atoms with Crippen molar-refractivity contribution in [2.75, 3.05) is 55.9 Å². The van der Waals surface area contributed by atoms with Crippen LogP contribution in [-0.2, 0) is 4.79 Å². The number of fused-ring (bicyclic) bond motifs is 1. The molecular formula is C28H29N7O3. The summed E-state index contributed by atoms with van der Waals surface area (Å²) >= 11 is 0. The van der Waals surface area contributed by atoms with Crippen molar-refractivity contribution < 1.29 is 9.53 Å². The summed E-state index contributed by atoms with van der Waals surface area (Å²) in [7, 11) is 3.79. The number of anilines is 4. The highest BCUT2D eigenvalue weighted by atomic mass is 16.5. The molecule has 194 valence electrons. The number of benzene rings is 2. The SMILES string of the molecule is C=CC(=O)Nc1cccc(-n2ccc(=O)c3cnc(Nc4ccc(N5CCN(C)CC5)c(OC)c4)nc32)c1. The average Bonchev–Trinajstić information content (AvgIpc) is 2.94. The van der Waals surface area contributed by atoms with Gasteiger partial charge in [0.15, 0.2) is 11.1 Å². The van der Waals surface area contributed by atoms with E-state index in [1.165, 1.54) is 18.3 Å². The Hall–Kier alpha value is -4.70. The van der Waals surface area contributed by atoms with Crippen molar-refractivity contribution >= 4 is 40.0 Å².